The van der Waals surface area contributed by atoms with Gasteiger partial charge in [0.15, 0.2) is 0 Å². The highest BCUT2D eigenvalue weighted by Gasteiger charge is 2.30. The second-order valence-corrected chi connectivity index (χ2v) is 9.67. The van der Waals surface area contributed by atoms with Gasteiger partial charge in [0.25, 0.3) is 11.6 Å². The van der Waals surface area contributed by atoms with E-state index in [-0.39, 0.29) is 11.3 Å². The van der Waals surface area contributed by atoms with E-state index >= 15 is 0 Å². The van der Waals surface area contributed by atoms with Gasteiger partial charge < -0.3 is 4.52 Å². The molecule has 0 atom stereocenters. The van der Waals surface area contributed by atoms with Crippen molar-refractivity contribution >= 4 is 35.8 Å². The predicted octanol–water partition coefficient (Wildman–Crippen LogP) is 4.67. The summed E-state index contributed by atoms with van der Waals surface area (Å²) in [6.45, 7) is 0. The third kappa shape index (κ3) is 5.51. The van der Waals surface area contributed by atoms with Crippen LogP contribution in [0.2, 0.25) is 0 Å². The van der Waals surface area contributed by atoms with Gasteiger partial charge in [-0.15, -0.1) is 0 Å². The number of nitro benzene ring substituents is 1. The number of amides is 1. The lowest BCUT2D eigenvalue weighted by Gasteiger charge is -2.21. The number of hydrogen-bond donors (Lipinski definition) is 1. The molecule has 0 aliphatic heterocycles. The third-order valence-electron chi connectivity index (χ3n) is 5.05. The number of carbonyl (C=O) groups excluding carboxylic acids is 1. The molecule has 9 heteroatoms. The fourth-order valence-corrected chi connectivity index (χ4v) is 5.35. The Kier molecular flexibility index (Phi) is 7.14. The van der Waals surface area contributed by atoms with Crippen LogP contribution in [-0.2, 0) is 4.57 Å². The molecule has 0 aromatic heterocycles. The number of hydrazone groups is 1. The number of hydrogen-bond acceptors (Lipinski definition) is 6. The zero-order valence-electron chi connectivity index (χ0n) is 18.4. The van der Waals surface area contributed by atoms with Crippen LogP contribution in [0.3, 0.4) is 0 Å². The molecule has 0 heterocycles. The lowest BCUT2D eigenvalue weighted by atomic mass is 10.2. The van der Waals surface area contributed by atoms with Crippen LogP contribution in [0.15, 0.2) is 114 Å². The summed E-state index contributed by atoms with van der Waals surface area (Å²) in [5, 5.41) is 15.8. The highest BCUT2D eigenvalue weighted by atomic mass is 31.2. The zero-order chi connectivity index (χ0) is 24.7. The van der Waals surface area contributed by atoms with E-state index in [0.717, 1.165) is 0 Å². The van der Waals surface area contributed by atoms with Gasteiger partial charge in [-0.05, 0) is 48.5 Å². The Morgan fingerprint density at radius 1 is 0.829 bits per heavy atom. The fraction of sp³-hybridized carbons (Fsp3) is 0. The monoisotopic (exact) mass is 485 g/mol. The summed E-state index contributed by atoms with van der Waals surface area (Å²) in [6.07, 6.45) is 1.39. The molecule has 0 aliphatic carbocycles. The van der Waals surface area contributed by atoms with Crippen molar-refractivity contribution in [2.75, 3.05) is 0 Å². The first kappa shape index (κ1) is 23.6. The second kappa shape index (κ2) is 10.6. The summed E-state index contributed by atoms with van der Waals surface area (Å²) in [4.78, 5) is 22.6. The molecule has 0 spiro atoms. The quantitative estimate of drug-likeness (QED) is 0.169. The summed E-state index contributed by atoms with van der Waals surface area (Å²) in [5.74, 6) is -0.203. The topological polar surface area (TPSA) is 111 Å². The van der Waals surface area contributed by atoms with E-state index in [9.17, 15) is 19.5 Å². The van der Waals surface area contributed by atoms with Gasteiger partial charge in [0.2, 0.25) is 0 Å². The largest absolute Gasteiger partial charge is 0.436 e. The first-order valence-electron chi connectivity index (χ1n) is 10.5. The first-order valence-corrected chi connectivity index (χ1v) is 12.2. The number of benzene rings is 4. The van der Waals surface area contributed by atoms with Crippen LogP contribution in [0, 0.1) is 10.1 Å². The smallest absolute Gasteiger partial charge is 0.306 e. The van der Waals surface area contributed by atoms with Crippen LogP contribution < -0.4 is 20.6 Å². The fourth-order valence-electron chi connectivity index (χ4n) is 3.27. The molecule has 35 heavy (non-hydrogen) atoms. The summed E-state index contributed by atoms with van der Waals surface area (Å²) >= 11 is 0. The number of para-hydroxylation sites is 1. The highest BCUT2D eigenvalue weighted by molar-refractivity contribution is 7.74. The molecule has 0 saturated heterocycles. The number of nitrogens with zero attached hydrogens (tertiary/aromatic N) is 2. The van der Waals surface area contributed by atoms with Gasteiger partial charge in [0.1, 0.15) is 5.75 Å². The molecule has 0 bridgehead atoms. The van der Waals surface area contributed by atoms with E-state index in [4.69, 9.17) is 4.52 Å². The Hall–Kier alpha value is -4.55. The third-order valence-corrected chi connectivity index (χ3v) is 7.46. The van der Waals surface area contributed by atoms with Crippen LogP contribution in [0.1, 0.15) is 15.9 Å². The Morgan fingerprint density at radius 2 is 1.37 bits per heavy atom. The Morgan fingerprint density at radius 3 is 1.94 bits per heavy atom. The standard InChI is InChI=1S/C26H20N3O5P/c30-26(20-15-17-22(18-16-20)29(31)32)28-27-19-21-9-7-8-14-25(21)34-35(33,23-10-3-1-4-11-23)24-12-5-2-6-13-24/h1-19H,(H,28,30)/b27-19-. The molecule has 0 unspecified atom stereocenters. The maximum Gasteiger partial charge on any atom is 0.306 e. The van der Waals surface area contributed by atoms with Gasteiger partial charge >= 0.3 is 7.37 Å². The lowest BCUT2D eigenvalue weighted by molar-refractivity contribution is -0.384. The molecular weight excluding hydrogens is 465 g/mol. The number of rotatable bonds is 8. The van der Waals surface area contributed by atoms with Gasteiger partial charge in [-0.1, -0.05) is 48.5 Å². The van der Waals surface area contributed by atoms with Crippen molar-refractivity contribution in [1.29, 1.82) is 0 Å². The van der Waals surface area contributed by atoms with Crippen LogP contribution >= 0.6 is 7.37 Å². The highest BCUT2D eigenvalue weighted by Crippen LogP contribution is 2.45. The van der Waals surface area contributed by atoms with Crippen molar-refractivity contribution < 1.29 is 18.8 Å². The second-order valence-electron chi connectivity index (χ2n) is 7.35. The molecular formula is C26H20N3O5P. The van der Waals surface area contributed by atoms with Crippen molar-refractivity contribution in [2.45, 2.75) is 0 Å². The van der Waals surface area contributed by atoms with E-state index in [1.165, 1.54) is 30.5 Å². The molecule has 1 N–H and O–H groups in total. The Labute approximate surface area is 201 Å². The molecule has 0 radical (unpaired) electrons. The molecule has 174 valence electrons. The molecule has 0 aliphatic rings. The van der Waals surface area contributed by atoms with Crippen molar-refractivity contribution in [3.63, 3.8) is 0 Å². The van der Waals surface area contributed by atoms with Crippen molar-refractivity contribution in [2.24, 2.45) is 5.10 Å². The van der Waals surface area contributed by atoms with Crippen molar-refractivity contribution in [3.05, 3.63) is 130 Å². The predicted molar refractivity (Wildman–Crippen MR) is 135 cm³/mol. The van der Waals surface area contributed by atoms with Gasteiger partial charge in [0.05, 0.1) is 21.7 Å². The molecule has 8 nitrogen and oxygen atoms in total. The summed E-state index contributed by atoms with van der Waals surface area (Å²) in [6, 6.07) is 30.0. The van der Waals surface area contributed by atoms with Crippen LogP contribution in [-0.4, -0.2) is 17.0 Å². The number of nitro groups is 1. The molecule has 4 aromatic rings. The van der Waals surface area contributed by atoms with Crippen LogP contribution in [0.25, 0.3) is 0 Å². The van der Waals surface area contributed by atoms with E-state index in [0.29, 0.717) is 21.9 Å². The van der Waals surface area contributed by atoms with E-state index in [2.05, 4.69) is 10.5 Å². The molecule has 1 amide bonds. The molecule has 4 aromatic carbocycles. The maximum atomic E-state index is 14.2. The SMILES string of the molecule is O=C(N/N=C\c1ccccc1OP(=O)(c1ccccc1)c1ccccc1)c1ccc([N+](=O)[O-])cc1. The number of carbonyl (C=O) groups is 1. The van der Waals surface area contributed by atoms with E-state index in [1.54, 1.807) is 72.8 Å². The normalized spacial score (nSPS) is 11.2. The van der Waals surface area contributed by atoms with Gasteiger partial charge in [-0.2, -0.15) is 5.10 Å². The minimum absolute atomic E-state index is 0.114. The number of nitrogens with one attached hydrogen (secondary N) is 1. The maximum absolute atomic E-state index is 14.2. The van der Waals surface area contributed by atoms with Gasteiger partial charge in [-0.3, -0.25) is 19.5 Å². The van der Waals surface area contributed by atoms with E-state index in [1.807, 2.05) is 12.1 Å². The average Bonchev–Trinajstić information content (AvgIpc) is 2.90. The van der Waals surface area contributed by atoms with Gasteiger partial charge in [0, 0.05) is 23.3 Å². The Balaban J connectivity index is 1.57. The zero-order valence-corrected chi connectivity index (χ0v) is 19.2. The van der Waals surface area contributed by atoms with Crippen LogP contribution in [0.4, 0.5) is 5.69 Å². The number of non-ortho nitro benzene ring substituents is 1. The average molecular weight is 485 g/mol. The van der Waals surface area contributed by atoms with Crippen LogP contribution in [0.5, 0.6) is 5.75 Å². The van der Waals surface area contributed by atoms with Crippen molar-refractivity contribution in [3.8, 4) is 5.75 Å². The molecule has 0 saturated carbocycles. The lowest BCUT2D eigenvalue weighted by Crippen LogP contribution is -2.20. The van der Waals surface area contributed by atoms with Gasteiger partial charge in [-0.25, -0.2) is 5.43 Å². The molecule has 4 rings (SSSR count). The minimum atomic E-state index is -3.49. The summed E-state index contributed by atoms with van der Waals surface area (Å²) < 4.78 is 20.4. The van der Waals surface area contributed by atoms with Crippen molar-refractivity contribution in [1.82, 2.24) is 5.43 Å². The van der Waals surface area contributed by atoms with E-state index < -0.39 is 18.2 Å². The molecule has 0 fully saturated rings. The summed E-state index contributed by atoms with van der Waals surface area (Å²) in [7, 11) is -3.49. The first-order chi connectivity index (χ1) is 17.0. The summed E-state index contributed by atoms with van der Waals surface area (Å²) in [5.41, 5.74) is 2.99. The minimum Gasteiger partial charge on any atom is -0.436 e. The Bertz CT molecular complexity index is 1360.